The molecule has 0 aliphatic rings. The first-order valence-electron chi connectivity index (χ1n) is 8.00. The molecule has 0 saturated carbocycles. The zero-order valence-corrected chi connectivity index (χ0v) is 15.9. The monoisotopic (exact) mass is 371 g/mol. The third-order valence-corrected chi connectivity index (χ3v) is 3.61. The molecule has 0 spiro atoms. The Hall–Kier alpha value is -2.23. The summed E-state index contributed by atoms with van der Waals surface area (Å²) in [4.78, 5) is 40.1. The summed E-state index contributed by atoms with van der Waals surface area (Å²) >= 11 is 0.957. The maximum absolute atomic E-state index is 12.3. The van der Waals surface area contributed by atoms with Crippen molar-refractivity contribution >= 4 is 34.5 Å². The van der Waals surface area contributed by atoms with Crippen molar-refractivity contribution in [2.24, 2.45) is 11.8 Å². The van der Waals surface area contributed by atoms with Crippen molar-refractivity contribution in [1.82, 2.24) is 20.0 Å². The van der Waals surface area contributed by atoms with Crippen LogP contribution in [0, 0.1) is 11.8 Å². The van der Waals surface area contributed by atoms with Gasteiger partial charge in [0.1, 0.15) is 6.04 Å². The minimum absolute atomic E-state index is 0.139. The van der Waals surface area contributed by atoms with Crippen molar-refractivity contribution in [3.05, 3.63) is 0 Å². The summed E-state index contributed by atoms with van der Waals surface area (Å²) < 4.78 is 8.70. The molecule has 0 saturated heterocycles. The third-order valence-electron chi connectivity index (χ3n) is 3.00. The second kappa shape index (κ2) is 9.92. The zero-order chi connectivity index (χ0) is 19.0. The molecule has 1 aromatic rings. The molecule has 1 heterocycles. The lowest BCUT2D eigenvalue weighted by molar-refractivity contribution is -0.132. The fourth-order valence-electron chi connectivity index (χ4n) is 1.98. The van der Waals surface area contributed by atoms with Gasteiger partial charge in [0.2, 0.25) is 16.9 Å². The smallest absolute Gasteiger partial charge is 0.329 e. The van der Waals surface area contributed by atoms with Gasteiger partial charge in [-0.1, -0.05) is 27.7 Å². The summed E-state index contributed by atoms with van der Waals surface area (Å²) in [7, 11) is 1.42. The van der Waals surface area contributed by atoms with E-state index in [1.54, 1.807) is 0 Å². The van der Waals surface area contributed by atoms with Crippen LogP contribution in [0.1, 0.15) is 40.5 Å². The lowest BCUT2D eigenvalue weighted by Crippen LogP contribution is -2.50. The highest BCUT2D eigenvalue weighted by Gasteiger charge is 2.24. The summed E-state index contributed by atoms with van der Waals surface area (Å²) in [5.41, 5.74) is 0. The third kappa shape index (κ3) is 7.92. The van der Waals surface area contributed by atoms with Crippen LogP contribution in [-0.2, 0) is 9.59 Å². The van der Waals surface area contributed by atoms with E-state index in [2.05, 4.69) is 25.3 Å². The number of hydrogen-bond acceptors (Lipinski definition) is 7. The van der Waals surface area contributed by atoms with Gasteiger partial charge in [-0.15, -0.1) is 4.37 Å². The molecule has 1 rings (SSSR count). The van der Waals surface area contributed by atoms with E-state index in [1.165, 1.54) is 7.11 Å². The molecular formula is C15H25N5O4S. The number of nitrogens with zero attached hydrogens (tertiary/aromatic N) is 2. The number of carbonyl (C=O) groups excluding carboxylic acids is 3. The van der Waals surface area contributed by atoms with Gasteiger partial charge in [0.25, 0.3) is 0 Å². The van der Waals surface area contributed by atoms with Crippen molar-refractivity contribution in [2.75, 3.05) is 12.4 Å². The quantitative estimate of drug-likeness (QED) is 0.640. The lowest BCUT2D eigenvalue weighted by Gasteiger charge is -2.19. The normalized spacial score (nSPS) is 12.0. The van der Waals surface area contributed by atoms with Crippen molar-refractivity contribution in [1.29, 1.82) is 0 Å². The van der Waals surface area contributed by atoms with E-state index in [0.717, 1.165) is 11.5 Å². The van der Waals surface area contributed by atoms with Crippen LogP contribution in [0.2, 0.25) is 0 Å². The van der Waals surface area contributed by atoms with Crippen LogP contribution in [-0.4, -0.2) is 40.4 Å². The van der Waals surface area contributed by atoms with Gasteiger partial charge in [0.15, 0.2) is 0 Å². The number of hydrogen-bond donors (Lipinski definition) is 3. The van der Waals surface area contributed by atoms with Gasteiger partial charge >= 0.3 is 12.0 Å². The highest BCUT2D eigenvalue weighted by atomic mass is 32.1. The Morgan fingerprint density at radius 1 is 1.16 bits per heavy atom. The fraction of sp³-hybridized carbons (Fsp3) is 0.667. The number of nitrogens with one attached hydrogen (secondary N) is 3. The van der Waals surface area contributed by atoms with Crippen LogP contribution in [0.3, 0.4) is 0 Å². The molecule has 10 heteroatoms. The van der Waals surface area contributed by atoms with Gasteiger partial charge in [-0.3, -0.25) is 20.2 Å². The first-order chi connectivity index (χ1) is 11.7. The maximum Gasteiger partial charge on any atom is 0.329 e. The Balaban J connectivity index is 2.65. The lowest BCUT2D eigenvalue weighted by atomic mass is 10.0. The Morgan fingerprint density at radius 3 is 2.36 bits per heavy atom. The maximum atomic E-state index is 12.3. The van der Waals surface area contributed by atoms with Gasteiger partial charge < -0.3 is 10.1 Å². The molecule has 140 valence electrons. The molecule has 0 radical (unpaired) electrons. The molecule has 3 N–H and O–H groups in total. The standard InChI is InChI=1S/C15H25N5O4S/c1-8(2)6-10(12(22)17-11(21)7-9(3)4)16-13(23)18-15-19-14(24-5)20-25-15/h8-10H,6-7H2,1-5H3,(H,17,21,22)(H2,16,18,19,20,23)/t10-/m0/s1. The van der Waals surface area contributed by atoms with Crippen LogP contribution in [0.25, 0.3) is 0 Å². The number of aromatic nitrogens is 2. The molecule has 0 unspecified atom stereocenters. The zero-order valence-electron chi connectivity index (χ0n) is 15.1. The summed E-state index contributed by atoms with van der Waals surface area (Å²) in [6.07, 6.45) is 0.643. The van der Waals surface area contributed by atoms with E-state index >= 15 is 0 Å². The molecular weight excluding hydrogens is 346 g/mol. The first kappa shape index (κ1) is 20.8. The molecule has 9 nitrogen and oxygen atoms in total. The number of urea groups is 1. The SMILES string of the molecule is COc1nsc(NC(=O)N[C@@H](CC(C)C)C(=O)NC(=O)CC(C)C)n1. The van der Waals surface area contributed by atoms with Crippen LogP contribution >= 0.6 is 11.5 Å². The van der Waals surface area contributed by atoms with Gasteiger partial charge in [0.05, 0.1) is 7.11 Å². The molecule has 0 aliphatic carbocycles. The van der Waals surface area contributed by atoms with Crippen molar-refractivity contribution in [3.8, 4) is 6.01 Å². The van der Waals surface area contributed by atoms with Crippen LogP contribution < -0.4 is 20.7 Å². The second-order valence-corrected chi connectivity index (χ2v) is 7.13. The minimum Gasteiger partial charge on any atom is -0.466 e. The highest BCUT2D eigenvalue weighted by molar-refractivity contribution is 7.10. The van der Waals surface area contributed by atoms with Crippen LogP contribution in [0.5, 0.6) is 6.01 Å². The van der Waals surface area contributed by atoms with E-state index in [4.69, 9.17) is 4.74 Å². The van der Waals surface area contributed by atoms with E-state index in [0.29, 0.717) is 6.42 Å². The number of rotatable bonds is 8. The molecule has 0 aromatic carbocycles. The molecule has 25 heavy (non-hydrogen) atoms. The van der Waals surface area contributed by atoms with Crippen LogP contribution in [0.15, 0.2) is 0 Å². The molecule has 1 atom stereocenters. The number of anilines is 1. The van der Waals surface area contributed by atoms with Crippen LogP contribution in [0.4, 0.5) is 9.93 Å². The van der Waals surface area contributed by atoms with Gasteiger partial charge in [-0.2, -0.15) is 4.98 Å². The number of methoxy groups -OCH3 is 1. The Kier molecular flexibility index (Phi) is 8.26. The highest BCUT2D eigenvalue weighted by Crippen LogP contribution is 2.15. The van der Waals surface area contributed by atoms with E-state index in [9.17, 15) is 14.4 Å². The Bertz CT molecular complexity index is 602. The average molecular weight is 371 g/mol. The molecule has 1 aromatic heterocycles. The summed E-state index contributed by atoms with van der Waals surface area (Å²) in [6, 6.07) is -1.28. The Morgan fingerprint density at radius 2 is 1.84 bits per heavy atom. The van der Waals surface area contributed by atoms with Gasteiger partial charge in [0, 0.05) is 18.0 Å². The minimum atomic E-state index is -0.828. The number of carbonyl (C=O) groups is 3. The topological polar surface area (TPSA) is 122 Å². The predicted molar refractivity (Wildman–Crippen MR) is 94.5 cm³/mol. The molecule has 0 fully saturated rings. The van der Waals surface area contributed by atoms with Crippen molar-refractivity contribution < 1.29 is 19.1 Å². The van der Waals surface area contributed by atoms with Gasteiger partial charge in [-0.25, -0.2) is 4.79 Å². The average Bonchev–Trinajstić information content (AvgIpc) is 2.92. The summed E-state index contributed by atoms with van der Waals surface area (Å²) in [5.74, 6) is -0.591. The number of amides is 4. The molecule has 0 bridgehead atoms. The van der Waals surface area contributed by atoms with Gasteiger partial charge in [-0.05, 0) is 18.3 Å². The number of imide groups is 1. The fourth-order valence-corrected chi connectivity index (χ4v) is 2.52. The first-order valence-corrected chi connectivity index (χ1v) is 8.77. The van der Waals surface area contributed by atoms with E-state index in [1.807, 2.05) is 27.7 Å². The van der Waals surface area contributed by atoms with E-state index in [-0.39, 0.29) is 35.3 Å². The molecule has 0 aliphatic heterocycles. The number of ether oxygens (including phenoxy) is 1. The second-order valence-electron chi connectivity index (χ2n) is 6.38. The molecule has 4 amide bonds. The van der Waals surface area contributed by atoms with Crippen molar-refractivity contribution in [2.45, 2.75) is 46.6 Å². The Labute approximate surface area is 151 Å². The summed E-state index contributed by atoms with van der Waals surface area (Å²) in [5, 5.41) is 7.63. The predicted octanol–water partition coefficient (Wildman–Crippen LogP) is 1.77. The van der Waals surface area contributed by atoms with Crippen molar-refractivity contribution in [3.63, 3.8) is 0 Å². The summed E-state index contributed by atoms with van der Waals surface area (Å²) in [6.45, 7) is 7.62. The largest absolute Gasteiger partial charge is 0.466 e. The van der Waals surface area contributed by atoms with E-state index < -0.39 is 18.0 Å².